The molecule has 10 heavy (non-hydrogen) atoms. The summed E-state index contributed by atoms with van der Waals surface area (Å²) in [7, 11) is 0. The fraction of sp³-hybridized carbons (Fsp3) is 0.429. The Morgan fingerprint density at radius 1 is 1.60 bits per heavy atom. The molecule has 3 nitrogen and oxygen atoms in total. The zero-order valence-corrected chi connectivity index (χ0v) is 6.52. The molecule has 5 N–H and O–H groups in total. The lowest BCUT2D eigenvalue weighted by atomic mass is 10.3. The number of hydrogen-bond donors (Lipinski definition) is 3. The lowest BCUT2D eigenvalue weighted by molar-refractivity contribution is 0.882. The molecule has 0 radical (unpaired) electrons. The van der Waals surface area contributed by atoms with Gasteiger partial charge >= 0.3 is 0 Å². The van der Waals surface area contributed by atoms with Gasteiger partial charge in [0.05, 0.1) is 11.4 Å². The third-order valence-corrected chi connectivity index (χ3v) is 1.18. The van der Waals surface area contributed by atoms with Crippen molar-refractivity contribution in [2.75, 3.05) is 0 Å². The Bertz CT molecular complexity index is 147. The molecular formula is C7H15N3. The van der Waals surface area contributed by atoms with E-state index in [-0.39, 0.29) is 0 Å². The first-order valence-electron chi connectivity index (χ1n) is 3.35. The van der Waals surface area contributed by atoms with Crippen LogP contribution in [0.5, 0.6) is 0 Å². The first-order chi connectivity index (χ1) is 4.76. The lowest BCUT2D eigenvalue weighted by Gasteiger charge is -2.04. The van der Waals surface area contributed by atoms with Crippen LogP contribution in [0.2, 0.25) is 0 Å². The maximum absolute atomic E-state index is 5.60. The van der Waals surface area contributed by atoms with E-state index < -0.39 is 0 Å². The second kappa shape index (κ2) is 4.88. The highest BCUT2D eigenvalue weighted by molar-refractivity contribution is 5.24. The van der Waals surface area contributed by atoms with Crippen molar-refractivity contribution < 1.29 is 0 Å². The van der Waals surface area contributed by atoms with E-state index in [0.29, 0.717) is 5.70 Å². The molecule has 58 valence electrons. The Balaban J connectivity index is 4.16. The molecule has 0 amide bonds. The van der Waals surface area contributed by atoms with Crippen LogP contribution in [0.4, 0.5) is 0 Å². The summed E-state index contributed by atoms with van der Waals surface area (Å²) in [6.45, 7) is 3.90. The molecule has 0 aromatic rings. The lowest BCUT2D eigenvalue weighted by Crippen LogP contribution is -2.24. The van der Waals surface area contributed by atoms with Gasteiger partial charge in [0.25, 0.3) is 0 Å². The highest BCUT2D eigenvalue weighted by Crippen LogP contribution is 1.98. The zero-order valence-electron chi connectivity index (χ0n) is 6.52. The third-order valence-electron chi connectivity index (χ3n) is 1.18. The van der Waals surface area contributed by atoms with Crippen molar-refractivity contribution in [3.05, 3.63) is 23.5 Å². The molecule has 3 heteroatoms. The SMILES string of the molecule is C/C=C(NN)\C(N)=C/CC. The molecule has 0 aliphatic rings. The zero-order chi connectivity index (χ0) is 7.98. The Morgan fingerprint density at radius 2 is 2.20 bits per heavy atom. The number of nitrogens with two attached hydrogens (primary N) is 2. The largest absolute Gasteiger partial charge is 0.397 e. The molecule has 0 fully saturated rings. The number of hydrogen-bond acceptors (Lipinski definition) is 3. The minimum atomic E-state index is 0.701. The summed E-state index contributed by atoms with van der Waals surface area (Å²) in [5.74, 6) is 5.18. The summed E-state index contributed by atoms with van der Waals surface area (Å²) in [4.78, 5) is 0. The highest BCUT2D eigenvalue weighted by atomic mass is 15.2. The fourth-order valence-electron chi connectivity index (χ4n) is 0.663. The van der Waals surface area contributed by atoms with E-state index >= 15 is 0 Å². The average molecular weight is 141 g/mol. The van der Waals surface area contributed by atoms with Crippen molar-refractivity contribution in [1.82, 2.24) is 5.43 Å². The number of nitrogens with one attached hydrogen (secondary N) is 1. The summed E-state index contributed by atoms with van der Waals surface area (Å²) in [6.07, 6.45) is 4.67. The summed E-state index contributed by atoms with van der Waals surface area (Å²) in [5.41, 5.74) is 9.58. The van der Waals surface area contributed by atoms with Gasteiger partial charge in [-0.15, -0.1) is 0 Å². The quantitative estimate of drug-likeness (QED) is 0.306. The van der Waals surface area contributed by atoms with Gasteiger partial charge in [0.1, 0.15) is 0 Å². The van der Waals surface area contributed by atoms with E-state index in [1.165, 1.54) is 0 Å². The molecule has 0 saturated heterocycles. The first kappa shape index (κ1) is 9.04. The smallest absolute Gasteiger partial charge is 0.0669 e. The minimum Gasteiger partial charge on any atom is -0.397 e. The van der Waals surface area contributed by atoms with Gasteiger partial charge in [-0.25, -0.2) is 0 Å². The molecule has 0 aliphatic carbocycles. The second-order valence-electron chi connectivity index (χ2n) is 1.91. The standard InChI is InChI=1S/C7H15N3/c1-3-5-6(8)7(4-2)10-9/h4-5,10H,3,8-9H2,1-2H3/b6-5+,7-4+. The van der Waals surface area contributed by atoms with E-state index in [0.717, 1.165) is 12.1 Å². The number of hydrazine groups is 1. The molecule has 0 saturated carbocycles. The molecule has 0 unspecified atom stereocenters. The highest BCUT2D eigenvalue weighted by Gasteiger charge is 1.92. The van der Waals surface area contributed by atoms with Crippen molar-refractivity contribution in [2.24, 2.45) is 11.6 Å². The van der Waals surface area contributed by atoms with E-state index in [2.05, 4.69) is 5.43 Å². The molecule has 0 aliphatic heterocycles. The minimum absolute atomic E-state index is 0.701. The molecule has 0 bridgehead atoms. The second-order valence-corrected chi connectivity index (χ2v) is 1.91. The van der Waals surface area contributed by atoms with Crippen LogP contribution in [-0.4, -0.2) is 0 Å². The van der Waals surface area contributed by atoms with Gasteiger partial charge in [-0.1, -0.05) is 19.1 Å². The van der Waals surface area contributed by atoms with Crippen LogP contribution >= 0.6 is 0 Å². The Morgan fingerprint density at radius 3 is 2.50 bits per heavy atom. The summed E-state index contributed by atoms with van der Waals surface area (Å²) >= 11 is 0. The van der Waals surface area contributed by atoms with Gasteiger partial charge in [-0.05, 0) is 13.3 Å². The predicted molar refractivity (Wildman–Crippen MR) is 43.6 cm³/mol. The predicted octanol–water partition coefficient (Wildman–Crippen LogP) is 0.606. The van der Waals surface area contributed by atoms with Crippen LogP contribution < -0.4 is 17.0 Å². The fourth-order valence-corrected chi connectivity index (χ4v) is 0.663. The van der Waals surface area contributed by atoms with E-state index in [1.54, 1.807) is 0 Å². The normalized spacial score (nSPS) is 13.5. The van der Waals surface area contributed by atoms with Crippen molar-refractivity contribution in [1.29, 1.82) is 0 Å². The Kier molecular flexibility index (Phi) is 4.41. The van der Waals surface area contributed by atoms with Gasteiger partial charge in [0.15, 0.2) is 0 Å². The summed E-state index contributed by atoms with van der Waals surface area (Å²) in [5, 5.41) is 0. The van der Waals surface area contributed by atoms with Crippen molar-refractivity contribution >= 4 is 0 Å². The number of rotatable bonds is 3. The maximum Gasteiger partial charge on any atom is 0.0669 e. The monoisotopic (exact) mass is 141 g/mol. The number of allylic oxidation sites excluding steroid dienone is 2. The van der Waals surface area contributed by atoms with Crippen LogP contribution in [0.1, 0.15) is 20.3 Å². The molecule has 0 aromatic carbocycles. The van der Waals surface area contributed by atoms with Crippen molar-refractivity contribution in [3.63, 3.8) is 0 Å². The van der Waals surface area contributed by atoms with E-state index in [1.807, 2.05) is 26.0 Å². The maximum atomic E-state index is 5.60. The molecular weight excluding hydrogens is 126 g/mol. The molecule has 0 aromatic heterocycles. The van der Waals surface area contributed by atoms with Gasteiger partial charge in [-0.3, -0.25) is 5.84 Å². The molecule has 0 atom stereocenters. The van der Waals surface area contributed by atoms with Crippen LogP contribution in [0.25, 0.3) is 0 Å². The Labute approximate surface area is 61.7 Å². The van der Waals surface area contributed by atoms with Gasteiger partial charge in [0.2, 0.25) is 0 Å². The van der Waals surface area contributed by atoms with Crippen LogP contribution in [-0.2, 0) is 0 Å². The molecule has 0 heterocycles. The molecule has 0 rings (SSSR count). The van der Waals surface area contributed by atoms with Crippen LogP contribution in [0.15, 0.2) is 23.5 Å². The van der Waals surface area contributed by atoms with E-state index in [4.69, 9.17) is 11.6 Å². The van der Waals surface area contributed by atoms with Crippen LogP contribution in [0, 0.1) is 0 Å². The van der Waals surface area contributed by atoms with E-state index in [9.17, 15) is 0 Å². The summed E-state index contributed by atoms with van der Waals surface area (Å²) < 4.78 is 0. The third kappa shape index (κ3) is 2.55. The van der Waals surface area contributed by atoms with Crippen LogP contribution in [0.3, 0.4) is 0 Å². The van der Waals surface area contributed by atoms with Crippen molar-refractivity contribution in [2.45, 2.75) is 20.3 Å². The van der Waals surface area contributed by atoms with Gasteiger partial charge in [0, 0.05) is 0 Å². The Hall–Kier alpha value is -0.960. The first-order valence-corrected chi connectivity index (χ1v) is 3.35. The van der Waals surface area contributed by atoms with Gasteiger partial charge in [-0.2, -0.15) is 0 Å². The van der Waals surface area contributed by atoms with Gasteiger partial charge < -0.3 is 11.2 Å². The molecule has 0 spiro atoms. The average Bonchev–Trinajstić information content (AvgIpc) is 1.91. The topological polar surface area (TPSA) is 64.1 Å². The van der Waals surface area contributed by atoms with Crippen molar-refractivity contribution in [3.8, 4) is 0 Å². The summed E-state index contributed by atoms with van der Waals surface area (Å²) in [6, 6.07) is 0.